The molecule has 2 N–H and O–H groups in total. The van der Waals surface area contributed by atoms with Crippen molar-refractivity contribution < 1.29 is 27.5 Å². The number of hydrogen-bond donors (Lipinski definition) is 2. The molecule has 0 heterocycles. The van der Waals surface area contributed by atoms with Crippen molar-refractivity contribution in [3.63, 3.8) is 0 Å². The lowest BCUT2D eigenvalue weighted by molar-refractivity contribution is -0.167. The van der Waals surface area contributed by atoms with Crippen molar-refractivity contribution in [3.8, 4) is 5.75 Å². The first-order valence-electron chi connectivity index (χ1n) is 7.47. The summed E-state index contributed by atoms with van der Waals surface area (Å²) in [4.78, 5) is 22.6. The molecular formula is C17H13Cl2F3N2O3. The summed E-state index contributed by atoms with van der Waals surface area (Å²) >= 11 is 11.7. The molecule has 2 rings (SSSR count). The molecule has 0 radical (unpaired) electrons. The topological polar surface area (TPSA) is 67.4 Å². The minimum atomic E-state index is -4.96. The van der Waals surface area contributed by atoms with Gasteiger partial charge in [-0.2, -0.15) is 13.2 Å². The smallest absolute Gasteiger partial charge is 0.471 e. The second-order valence-electron chi connectivity index (χ2n) is 5.29. The van der Waals surface area contributed by atoms with E-state index in [2.05, 4.69) is 5.32 Å². The molecule has 0 unspecified atom stereocenters. The van der Waals surface area contributed by atoms with E-state index in [9.17, 15) is 22.8 Å². The van der Waals surface area contributed by atoms with E-state index >= 15 is 0 Å². The van der Waals surface area contributed by atoms with Gasteiger partial charge in [0.1, 0.15) is 5.75 Å². The second kappa shape index (κ2) is 8.96. The summed E-state index contributed by atoms with van der Waals surface area (Å²) < 4.78 is 41.8. The Morgan fingerprint density at radius 2 is 1.70 bits per heavy atom. The Labute approximate surface area is 162 Å². The number of hydrogen-bond acceptors (Lipinski definition) is 3. The van der Waals surface area contributed by atoms with E-state index in [1.54, 1.807) is 11.4 Å². The van der Waals surface area contributed by atoms with Crippen molar-refractivity contribution in [2.24, 2.45) is 0 Å². The molecule has 2 amide bonds. The number of amides is 2. The van der Waals surface area contributed by atoms with E-state index in [0.717, 1.165) is 0 Å². The van der Waals surface area contributed by atoms with E-state index in [1.165, 1.54) is 36.4 Å². The highest BCUT2D eigenvalue weighted by Gasteiger charge is 2.38. The highest BCUT2D eigenvalue weighted by atomic mass is 35.5. The molecule has 10 heteroatoms. The zero-order valence-corrected chi connectivity index (χ0v) is 15.1. The van der Waals surface area contributed by atoms with Gasteiger partial charge in [-0.25, -0.2) is 0 Å². The minimum Gasteiger partial charge on any atom is -0.482 e. The zero-order valence-electron chi connectivity index (χ0n) is 13.6. The van der Waals surface area contributed by atoms with Gasteiger partial charge in [-0.1, -0.05) is 35.3 Å². The Hall–Kier alpha value is -2.45. The van der Waals surface area contributed by atoms with Crippen molar-refractivity contribution in [2.75, 3.05) is 11.9 Å². The Bertz CT molecular complexity index is 827. The summed E-state index contributed by atoms with van der Waals surface area (Å²) in [5.41, 5.74) is 0.617. The quantitative estimate of drug-likeness (QED) is 0.735. The maximum absolute atomic E-state index is 12.2. The van der Waals surface area contributed by atoms with Gasteiger partial charge >= 0.3 is 12.1 Å². The standard InChI is InChI=1S/C17H13Cl2F3N2O3/c18-11-3-6-14(13(19)7-11)27-9-15(25)23-8-10-1-4-12(5-2-10)24-16(26)17(20,21)22/h1-7H,8-9H2,(H,23,25)(H,24,26). The number of carbonyl (C=O) groups excluding carboxylic acids is 2. The van der Waals surface area contributed by atoms with E-state index in [4.69, 9.17) is 27.9 Å². The van der Waals surface area contributed by atoms with E-state index < -0.39 is 18.0 Å². The molecule has 0 aliphatic rings. The van der Waals surface area contributed by atoms with Crippen LogP contribution in [0.3, 0.4) is 0 Å². The second-order valence-corrected chi connectivity index (χ2v) is 6.13. The molecule has 0 saturated carbocycles. The molecule has 0 saturated heterocycles. The molecular weight excluding hydrogens is 408 g/mol. The molecule has 0 aliphatic carbocycles. The van der Waals surface area contributed by atoms with Gasteiger partial charge < -0.3 is 15.4 Å². The number of anilines is 1. The summed E-state index contributed by atoms with van der Waals surface area (Å²) in [7, 11) is 0. The molecule has 27 heavy (non-hydrogen) atoms. The molecule has 2 aromatic rings. The first kappa shape index (κ1) is 20.9. The zero-order chi connectivity index (χ0) is 20.0. The SMILES string of the molecule is O=C(COc1ccc(Cl)cc1Cl)NCc1ccc(NC(=O)C(F)(F)F)cc1. The number of alkyl halides is 3. The highest BCUT2D eigenvalue weighted by Crippen LogP contribution is 2.27. The average molecular weight is 421 g/mol. The lowest BCUT2D eigenvalue weighted by Crippen LogP contribution is -2.30. The van der Waals surface area contributed by atoms with Crippen LogP contribution >= 0.6 is 23.2 Å². The van der Waals surface area contributed by atoms with Gasteiger partial charge in [0.25, 0.3) is 5.91 Å². The van der Waals surface area contributed by atoms with Gasteiger partial charge in [-0.3, -0.25) is 9.59 Å². The van der Waals surface area contributed by atoms with Crippen LogP contribution in [0.25, 0.3) is 0 Å². The van der Waals surface area contributed by atoms with Crippen molar-refractivity contribution in [1.29, 1.82) is 0 Å². The molecule has 0 aliphatic heterocycles. The van der Waals surface area contributed by atoms with Gasteiger partial charge in [0.2, 0.25) is 0 Å². The van der Waals surface area contributed by atoms with Crippen molar-refractivity contribution >= 4 is 40.7 Å². The summed E-state index contributed by atoms with van der Waals surface area (Å²) in [5, 5.41) is 5.02. The van der Waals surface area contributed by atoms with Crippen LogP contribution in [0, 0.1) is 0 Å². The van der Waals surface area contributed by atoms with Gasteiger partial charge in [-0.05, 0) is 35.9 Å². The Morgan fingerprint density at radius 1 is 1.04 bits per heavy atom. The number of rotatable bonds is 6. The van der Waals surface area contributed by atoms with E-state index in [1.807, 2.05) is 0 Å². The maximum atomic E-state index is 12.2. The molecule has 144 valence electrons. The Balaban J connectivity index is 1.80. The van der Waals surface area contributed by atoms with Crippen molar-refractivity contribution in [3.05, 3.63) is 58.1 Å². The van der Waals surface area contributed by atoms with Crippen LogP contribution in [0.15, 0.2) is 42.5 Å². The van der Waals surface area contributed by atoms with Crippen LogP contribution in [-0.4, -0.2) is 24.6 Å². The highest BCUT2D eigenvalue weighted by molar-refractivity contribution is 6.35. The third-order valence-electron chi connectivity index (χ3n) is 3.21. The Morgan fingerprint density at radius 3 is 2.30 bits per heavy atom. The first-order chi connectivity index (χ1) is 12.6. The summed E-state index contributed by atoms with van der Waals surface area (Å²) in [5.74, 6) is -2.17. The molecule has 0 atom stereocenters. The minimum absolute atomic E-state index is 0.00637. The van der Waals surface area contributed by atoms with E-state index in [-0.39, 0.29) is 23.9 Å². The largest absolute Gasteiger partial charge is 0.482 e. The maximum Gasteiger partial charge on any atom is 0.471 e. The first-order valence-corrected chi connectivity index (χ1v) is 8.22. The van der Waals surface area contributed by atoms with Gasteiger partial charge in [0, 0.05) is 17.3 Å². The van der Waals surface area contributed by atoms with Crippen LogP contribution in [0.2, 0.25) is 10.0 Å². The summed E-state index contributed by atoms with van der Waals surface area (Å²) in [6.45, 7) is -0.148. The molecule has 0 spiro atoms. The normalized spacial score (nSPS) is 11.0. The van der Waals surface area contributed by atoms with Crippen LogP contribution in [0.1, 0.15) is 5.56 Å². The van der Waals surface area contributed by atoms with Crippen LogP contribution < -0.4 is 15.4 Å². The van der Waals surface area contributed by atoms with Gasteiger partial charge in [-0.15, -0.1) is 0 Å². The van der Waals surface area contributed by atoms with Gasteiger partial charge in [0.15, 0.2) is 6.61 Å². The molecule has 2 aromatic carbocycles. The monoisotopic (exact) mass is 420 g/mol. The Kier molecular flexibility index (Phi) is 6.92. The fourth-order valence-corrected chi connectivity index (χ4v) is 2.36. The predicted molar refractivity (Wildman–Crippen MR) is 94.9 cm³/mol. The predicted octanol–water partition coefficient (Wildman–Crippen LogP) is 4.19. The number of halogens is 5. The third-order valence-corrected chi connectivity index (χ3v) is 3.74. The van der Waals surface area contributed by atoms with Crippen LogP contribution in [0.5, 0.6) is 5.75 Å². The lowest BCUT2D eigenvalue weighted by Gasteiger charge is -2.10. The van der Waals surface area contributed by atoms with Crippen LogP contribution in [-0.2, 0) is 16.1 Å². The van der Waals surface area contributed by atoms with Crippen molar-refractivity contribution in [2.45, 2.75) is 12.7 Å². The molecule has 0 fully saturated rings. The summed E-state index contributed by atoms with van der Waals surface area (Å²) in [6, 6.07) is 10.1. The van der Waals surface area contributed by atoms with Gasteiger partial charge in [0.05, 0.1) is 5.02 Å². The van der Waals surface area contributed by atoms with Crippen LogP contribution in [0.4, 0.5) is 18.9 Å². The third kappa shape index (κ3) is 6.65. The molecule has 5 nitrogen and oxygen atoms in total. The number of nitrogens with one attached hydrogen (secondary N) is 2. The number of benzene rings is 2. The number of carbonyl (C=O) groups is 2. The number of ether oxygens (including phenoxy) is 1. The van der Waals surface area contributed by atoms with Crippen molar-refractivity contribution in [1.82, 2.24) is 5.32 Å². The molecule has 0 bridgehead atoms. The fourth-order valence-electron chi connectivity index (χ4n) is 1.90. The molecule has 0 aromatic heterocycles. The summed E-state index contributed by atoms with van der Waals surface area (Å²) in [6.07, 6.45) is -4.96. The van der Waals surface area contributed by atoms with E-state index in [0.29, 0.717) is 16.3 Å². The fraction of sp³-hybridized carbons (Fsp3) is 0.176. The lowest BCUT2D eigenvalue weighted by atomic mass is 10.2. The average Bonchev–Trinajstić information content (AvgIpc) is 2.59.